The number of hydrogen-bond donors (Lipinski definition) is 3. The van der Waals surface area contributed by atoms with Gasteiger partial charge in [0.15, 0.2) is 0 Å². The average molecular weight is 333 g/mol. The van der Waals surface area contributed by atoms with Crippen molar-refractivity contribution < 1.29 is 9.90 Å². The van der Waals surface area contributed by atoms with Gasteiger partial charge in [-0.2, -0.15) is 0 Å². The maximum absolute atomic E-state index is 10.6. The second kappa shape index (κ2) is 9.25. The number of thioether (sulfide) groups is 1. The number of aromatic amines is 1. The lowest BCUT2D eigenvalue weighted by molar-refractivity contribution is 0.209. The van der Waals surface area contributed by atoms with Gasteiger partial charge in [-0.05, 0) is 49.6 Å². The van der Waals surface area contributed by atoms with Gasteiger partial charge in [-0.1, -0.05) is 25.5 Å². The van der Waals surface area contributed by atoms with Gasteiger partial charge in [0, 0.05) is 4.90 Å². The van der Waals surface area contributed by atoms with E-state index in [2.05, 4.69) is 34.4 Å². The molecule has 0 radical (unpaired) electrons. The molecule has 1 amide bonds. The van der Waals surface area contributed by atoms with Crippen molar-refractivity contribution in [2.24, 2.45) is 0 Å². The van der Waals surface area contributed by atoms with Gasteiger partial charge >= 0.3 is 6.09 Å². The quantitative estimate of drug-likeness (QED) is 0.332. The molecule has 23 heavy (non-hydrogen) atoms. The van der Waals surface area contributed by atoms with Crippen LogP contribution in [0.15, 0.2) is 35.2 Å². The minimum atomic E-state index is -1.12. The van der Waals surface area contributed by atoms with Crippen LogP contribution in [0.1, 0.15) is 39.0 Å². The minimum absolute atomic E-state index is 0.258. The number of allylic oxidation sites excluding steroid dienone is 2. The van der Waals surface area contributed by atoms with Crippen LogP contribution in [0.25, 0.3) is 11.0 Å². The summed E-state index contributed by atoms with van der Waals surface area (Å²) in [5.41, 5.74) is 1.61. The molecule has 0 atom stereocenters. The van der Waals surface area contributed by atoms with Gasteiger partial charge in [0.2, 0.25) is 5.95 Å². The van der Waals surface area contributed by atoms with Crippen LogP contribution in [0.3, 0.4) is 0 Å². The molecule has 0 bridgehead atoms. The number of carbonyl (C=O) groups is 1. The SMILES string of the molecule is CCCC=CCCCCSc1ccc2nc(NC(=O)O)[nH]c2c1. The number of benzene rings is 1. The summed E-state index contributed by atoms with van der Waals surface area (Å²) in [6, 6.07) is 5.95. The van der Waals surface area contributed by atoms with E-state index in [1.54, 1.807) is 0 Å². The summed E-state index contributed by atoms with van der Waals surface area (Å²) >= 11 is 1.82. The monoisotopic (exact) mass is 333 g/mol. The largest absolute Gasteiger partial charge is 0.465 e. The molecule has 0 aliphatic carbocycles. The third-order valence-corrected chi connectivity index (χ3v) is 4.41. The van der Waals surface area contributed by atoms with E-state index >= 15 is 0 Å². The number of fused-ring (bicyclic) bond motifs is 1. The van der Waals surface area contributed by atoms with Crippen LogP contribution >= 0.6 is 11.8 Å². The van der Waals surface area contributed by atoms with E-state index in [0.717, 1.165) is 23.2 Å². The van der Waals surface area contributed by atoms with Crippen LogP contribution in [-0.4, -0.2) is 26.9 Å². The number of amides is 1. The van der Waals surface area contributed by atoms with Gasteiger partial charge < -0.3 is 10.1 Å². The number of H-pyrrole nitrogens is 1. The Labute approximate surface area is 140 Å². The molecular weight excluding hydrogens is 310 g/mol. The normalized spacial score (nSPS) is 11.3. The fraction of sp³-hybridized carbons (Fsp3) is 0.412. The van der Waals surface area contributed by atoms with Crippen LogP contribution in [0, 0.1) is 0 Å². The molecule has 1 heterocycles. The number of anilines is 1. The van der Waals surface area contributed by atoms with E-state index in [0.29, 0.717) is 0 Å². The Hall–Kier alpha value is -1.95. The fourth-order valence-corrected chi connectivity index (χ4v) is 3.15. The van der Waals surface area contributed by atoms with Crippen molar-refractivity contribution in [3.63, 3.8) is 0 Å². The lowest BCUT2D eigenvalue weighted by Crippen LogP contribution is -2.08. The molecule has 0 spiro atoms. The summed E-state index contributed by atoms with van der Waals surface area (Å²) in [6.45, 7) is 2.19. The number of nitrogens with one attached hydrogen (secondary N) is 2. The molecule has 0 unspecified atom stereocenters. The number of aromatic nitrogens is 2. The van der Waals surface area contributed by atoms with E-state index in [1.807, 2.05) is 30.0 Å². The summed E-state index contributed by atoms with van der Waals surface area (Å²) in [4.78, 5) is 18.9. The molecule has 0 saturated heterocycles. The molecule has 1 aromatic heterocycles. The van der Waals surface area contributed by atoms with Gasteiger partial charge in [-0.25, -0.2) is 9.78 Å². The van der Waals surface area contributed by atoms with Crippen molar-refractivity contribution >= 4 is 34.8 Å². The second-order valence-electron chi connectivity index (χ2n) is 5.30. The summed E-state index contributed by atoms with van der Waals surface area (Å²) in [5, 5.41) is 10.9. The Bertz CT molecular complexity index is 667. The van der Waals surface area contributed by atoms with Crippen LogP contribution in [0.4, 0.5) is 10.7 Å². The van der Waals surface area contributed by atoms with Gasteiger partial charge in [0.1, 0.15) is 0 Å². The first kappa shape index (κ1) is 17.4. The van der Waals surface area contributed by atoms with Gasteiger partial charge in [0.05, 0.1) is 11.0 Å². The van der Waals surface area contributed by atoms with Crippen molar-refractivity contribution in [3.05, 3.63) is 30.4 Å². The zero-order chi connectivity index (χ0) is 16.5. The van der Waals surface area contributed by atoms with Gasteiger partial charge in [-0.3, -0.25) is 5.32 Å². The molecule has 0 aliphatic rings. The van der Waals surface area contributed by atoms with Crippen molar-refractivity contribution in [1.82, 2.24) is 9.97 Å². The standard InChI is InChI=1S/C17H23N3O2S/c1-2-3-4-5-6-7-8-11-23-13-9-10-14-15(12-13)19-16(18-14)20-17(21)22/h4-5,9-10,12H,2-3,6-8,11H2,1H3,(H,21,22)(H2,18,19,20). The highest BCUT2D eigenvalue weighted by Gasteiger charge is 2.06. The van der Waals surface area contributed by atoms with Crippen LogP contribution in [-0.2, 0) is 0 Å². The molecule has 0 fully saturated rings. The molecule has 1 aromatic carbocycles. The third-order valence-electron chi connectivity index (χ3n) is 3.33. The number of hydrogen-bond acceptors (Lipinski definition) is 3. The van der Waals surface area contributed by atoms with E-state index in [4.69, 9.17) is 5.11 Å². The lowest BCUT2D eigenvalue weighted by Gasteiger charge is -2.01. The number of imidazole rings is 1. The second-order valence-corrected chi connectivity index (χ2v) is 6.47. The first-order chi connectivity index (χ1) is 11.2. The van der Waals surface area contributed by atoms with Crippen LogP contribution in [0.2, 0.25) is 0 Å². The Morgan fingerprint density at radius 3 is 2.96 bits per heavy atom. The number of rotatable bonds is 9. The molecule has 2 rings (SSSR count). The predicted molar refractivity (Wildman–Crippen MR) is 96.4 cm³/mol. The van der Waals surface area contributed by atoms with Crippen molar-refractivity contribution in [2.75, 3.05) is 11.1 Å². The predicted octanol–water partition coefficient (Wildman–Crippen LogP) is 5.27. The molecule has 0 aliphatic heterocycles. The Balaban J connectivity index is 1.78. The summed E-state index contributed by atoms with van der Waals surface area (Å²) < 4.78 is 0. The summed E-state index contributed by atoms with van der Waals surface area (Å²) in [5.74, 6) is 1.34. The lowest BCUT2D eigenvalue weighted by atomic mass is 10.2. The van der Waals surface area contributed by atoms with Gasteiger partial charge in [-0.15, -0.1) is 11.8 Å². The van der Waals surface area contributed by atoms with E-state index < -0.39 is 6.09 Å². The van der Waals surface area contributed by atoms with Crippen LogP contribution in [0.5, 0.6) is 0 Å². The number of unbranched alkanes of at least 4 members (excludes halogenated alkanes) is 3. The molecule has 5 nitrogen and oxygen atoms in total. The maximum Gasteiger partial charge on any atom is 0.411 e. The van der Waals surface area contributed by atoms with Gasteiger partial charge in [0.25, 0.3) is 0 Å². The first-order valence-electron chi connectivity index (χ1n) is 7.96. The average Bonchev–Trinajstić information content (AvgIpc) is 2.90. The molecule has 124 valence electrons. The molecule has 6 heteroatoms. The Morgan fingerprint density at radius 1 is 1.35 bits per heavy atom. The molecule has 2 aromatic rings. The van der Waals surface area contributed by atoms with Crippen molar-refractivity contribution in [1.29, 1.82) is 0 Å². The summed E-state index contributed by atoms with van der Waals surface area (Å²) in [7, 11) is 0. The Morgan fingerprint density at radius 2 is 2.17 bits per heavy atom. The number of carboxylic acid groups (broad SMARTS) is 1. The highest BCUT2D eigenvalue weighted by molar-refractivity contribution is 7.99. The maximum atomic E-state index is 10.6. The topological polar surface area (TPSA) is 78.0 Å². The molecule has 3 N–H and O–H groups in total. The van der Waals surface area contributed by atoms with Crippen LogP contribution < -0.4 is 5.32 Å². The highest BCUT2D eigenvalue weighted by atomic mass is 32.2. The first-order valence-corrected chi connectivity index (χ1v) is 8.95. The van der Waals surface area contributed by atoms with Crippen molar-refractivity contribution in [3.8, 4) is 0 Å². The van der Waals surface area contributed by atoms with E-state index in [1.165, 1.54) is 30.6 Å². The zero-order valence-corrected chi connectivity index (χ0v) is 14.2. The molecular formula is C17H23N3O2S. The smallest absolute Gasteiger partial charge is 0.411 e. The fourth-order valence-electron chi connectivity index (χ4n) is 2.20. The zero-order valence-electron chi connectivity index (χ0n) is 13.3. The van der Waals surface area contributed by atoms with Crippen molar-refractivity contribution in [2.45, 2.75) is 43.9 Å². The third kappa shape index (κ3) is 5.98. The number of nitrogens with zero attached hydrogens (tertiary/aromatic N) is 1. The molecule has 0 saturated carbocycles. The van der Waals surface area contributed by atoms with E-state index in [-0.39, 0.29) is 5.95 Å². The Kier molecular flexibility index (Phi) is 7.00. The minimum Gasteiger partial charge on any atom is -0.465 e. The highest BCUT2D eigenvalue weighted by Crippen LogP contribution is 2.24. The summed E-state index contributed by atoms with van der Waals surface area (Å²) in [6.07, 6.45) is 9.38. The van der Waals surface area contributed by atoms with E-state index in [9.17, 15) is 4.79 Å².